The third-order valence-corrected chi connectivity index (χ3v) is 4.16. The van der Waals surface area contributed by atoms with Crippen molar-refractivity contribution in [2.45, 2.75) is 20.4 Å². The van der Waals surface area contributed by atoms with Gasteiger partial charge in [-0.2, -0.15) is 5.10 Å². The summed E-state index contributed by atoms with van der Waals surface area (Å²) in [4.78, 5) is 18.3. The van der Waals surface area contributed by atoms with Crippen LogP contribution in [-0.2, 0) is 6.54 Å². The Hall–Kier alpha value is -2.90. The Labute approximate surface area is 138 Å². The molecule has 0 amide bonds. The summed E-state index contributed by atoms with van der Waals surface area (Å²) in [6.07, 6.45) is 3.19. The molecular weight excluding hydrogens is 308 g/mol. The van der Waals surface area contributed by atoms with Crippen molar-refractivity contribution < 1.29 is 4.42 Å². The Morgan fingerprint density at radius 2 is 2.08 bits per heavy atom. The van der Waals surface area contributed by atoms with Crippen molar-refractivity contribution >= 4 is 6.01 Å². The van der Waals surface area contributed by atoms with E-state index in [1.165, 1.54) is 4.68 Å². The van der Waals surface area contributed by atoms with E-state index in [0.717, 1.165) is 24.5 Å². The fourth-order valence-electron chi connectivity index (χ4n) is 3.00. The molecular formula is C16H18N6O2. The molecule has 4 rings (SSSR count). The minimum atomic E-state index is -0.102. The van der Waals surface area contributed by atoms with E-state index < -0.39 is 0 Å². The van der Waals surface area contributed by atoms with Gasteiger partial charge in [-0.3, -0.25) is 4.79 Å². The van der Waals surface area contributed by atoms with Crippen molar-refractivity contribution in [1.82, 2.24) is 24.5 Å². The number of rotatable bonds is 4. The minimum Gasteiger partial charge on any atom is -0.432 e. The molecule has 3 aromatic heterocycles. The molecule has 0 radical (unpaired) electrons. The summed E-state index contributed by atoms with van der Waals surface area (Å²) < 4.78 is 8.54. The molecule has 8 nitrogen and oxygen atoms in total. The molecule has 3 aromatic rings. The zero-order chi connectivity index (χ0) is 16.7. The van der Waals surface area contributed by atoms with E-state index in [0.29, 0.717) is 24.3 Å². The van der Waals surface area contributed by atoms with Gasteiger partial charge in [-0.15, -0.1) is 5.10 Å². The Balaban J connectivity index is 1.51. The lowest BCUT2D eigenvalue weighted by Gasteiger charge is -2.37. The van der Waals surface area contributed by atoms with Crippen LogP contribution < -0.4 is 10.5 Å². The topological polar surface area (TPSA) is 82.0 Å². The summed E-state index contributed by atoms with van der Waals surface area (Å²) in [6, 6.07) is 5.86. The number of hydrogen-bond acceptors (Lipinski definition) is 6. The fraction of sp³-hybridized carbons (Fsp3) is 0.375. The molecule has 124 valence electrons. The predicted octanol–water partition coefficient (Wildman–Crippen LogP) is 1.17. The van der Waals surface area contributed by atoms with Gasteiger partial charge >= 0.3 is 0 Å². The molecule has 0 N–H and O–H groups in total. The number of nitrogens with zero attached hydrogens (tertiary/aromatic N) is 6. The van der Waals surface area contributed by atoms with E-state index in [1.807, 2.05) is 24.8 Å². The van der Waals surface area contributed by atoms with Crippen LogP contribution in [-0.4, -0.2) is 37.6 Å². The van der Waals surface area contributed by atoms with Crippen LogP contribution in [0.4, 0.5) is 6.01 Å². The molecule has 4 heterocycles. The Morgan fingerprint density at radius 3 is 2.75 bits per heavy atom. The van der Waals surface area contributed by atoms with Gasteiger partial charge in [0.25, 0.3) is 11.6 Å². The van der Waals surface area contributed by atoms with E-state index in [1.54, 1.807) is 29.3 Å². The van der Waals surface area contributed by atoms with Gasteiger partial charge in [-0.1, -0.05) is 0 Å². The minimum absolute atomic E-state index is 0.102. The van der Waals surface area contributed by atoms with Crippen molar-refractivity contribution in [1.29, 1.82) is 0 Å². The Morgan fingerprint density at radius 1 is 1.25 bits per heavy atom. The maximum absolute atomic E-state index is 12.1. The standard InChI is InChI=1S/C16H18N6O2/c1-11-7-12(2)22(18-11)14-3-4-15(23)21(19-14)10-13-8-20(9-13)16-17-5-6-24-16/h3-7,13H,8-10H2,1-2H3. The van der Waals surface area contributed by atoms with E-state index in [9.17, 15) is 4.79 Å². The molecule has 0 spiro atoms. The first-order valence-corrected chi connectivity index (χ1v) is 7.86. The molecule has 0 unspecified atom stereocenters. The normalized spacial score (nSPS) is 14.8. The molecule has 0 aliphatic carbocycles. The summed E-state index contributed by atoms with van der Waals surface area (Å²) in [5, 5.41) is 8.89. The van der Waals surface area contributed by atoms with E-state index in [2.05, 4.69) is 15.2 Å². The second kappa shape index (κ2) is 5.63. The first kappa shape index (κ1) is 14.7. The summed E-state index contributed by atoms with van der Waals surface area (Å²) in [5.41, 5.74) is 1.81. The van der Waals surface area contributed by atoms with Crippen molar-refractivity contribution in [2.24, 2.45) is 5.92 Å². The molecule has 8 heteroatoms. The van der Waals surface area contributed by atoms with Gasteiger partial charge in [0.05, 0.1) is 18.4 Å². The van der Waals surface area contributed by atoms with Gasteiger partial charge in [0, 0.05) is 30.8 Å². The lowest BCUT2D eigenvalue weighted by Crippen LogP contribution is -2.49. The zero-order valence-electron chi connectivity index (χ0n) is 13.6. The highest BCUT2D eigenvalue weighted by Gasteiger charge is 2.30. The van der Waals surface area contributed by atoms with Crippen molar-refractivity contribution in [3.8, 4) is 5.82 Å². The average molecular weight is 326 g/mol. The van der Waals surface area contributed by atoms with Crippen LogP contribution in [0.15, 0.2) is 39.9 Å². The molecule has 1 fully saturated rings. The highest BCUT2D eigenvalue weighted by atomic mass is 16.4. The molecule has 0 bridgehead atoms. The highest BCUT2D eigenvalue weighted by molar-refractivity contribution is 5.30. The first-order valence-electron chi connectivity index (χ1n) is 7.86. The smallest absolute Gasteiger partial charge is 0.297 e. The third kappa shape index (κ3) is 2.60. The van der Waals surface area contributed by atoms with Crippen molar-refractivity contribution in [3.05, 3.63) is 52.4 Å². The highest BCUT2D eigenvalue weighted by Crippen LogP contribution is 2.23. The second-order valence-electron chi connectivity index (χ2n) is 6.14. The fourth-order valence-corrected chi connectivity index (χ4v) is 3.00. The second-order valence-corrected chi connectivity index (χ2v) is 6.14. The molecule has 1 saturated heterocycles. The molecule has 0 atom stereocenters. The van der Waals surface area contributed by atoms with Gasteiger partial charge in [-0.25, -0.2) is 14.3 Å². The monoisotopic (exact) mass is 326 g/mol. The van der Waals surface area contributed by atoms with Gasteiger partial charge in [0.1, 0.15) is 6.26 Å². The Bertz CT molecular complexity index is 905. The van der Waals surface area contributed by atoms with Crippen molar-refractivity contribution in [3.63, 3.8) is 0 Å². The summed E-state index contributed by atoms with van der Waals surface area (Å²) in [5.74, 6) is 1.00. The number of hydrogen-bond donors (Lipinski definition) is 0. The van der Waals surface area contributed by atoms with Crippen LogP contribution in [0.5, 0.6) is 0 Å². The van der Waals surface area contributed by atoms with E-state index in [-0.39, 0.29) is 5.56 Å². The van der Waals surface area contributed by atoms with Crippen LogP contribution >= 0.6 is 0 Å². The zero-order valence-corrected chi connectivity index (χ0v) is 13.6. The lowest BCUT2D eigenvalue weighted by atomic mass is 10.0. The van der Waals surface area contributed by atoms with Gasteiger partial charge in [0.15, 0.2) is 5.82 Å². The molecule has 0 saturated carbocycles. The van der Waals surface area contributed by atoms with Crippen LogP contribution in [0, 0.1) is 19.8 Å². The molecule has 1 aliphatic heterocycles. The van der Waals surface area contributed by atoms with Gasteiger partial charge in [0.2, 0.25) is 0 Å². The predicted molar refractivity (Wildman–Crippen MR) is 87.3 cm³/mol. The Kier molecular flexibility index (Phi) is 3.44. The summed E-state index contributed by atoms with van der Waals surface area (Å²) >= 11 is 0. The first-order chi connectivity index (χ1) is 11.6. The van der Waals surface area contributed by atoms with Gasteiger partial charge < -0.3 is 9.32 Å². The quantitative estimate of drug-likeness (QED) is 0.716. The molecule has 0 aromatic carbocycles. The summed E-state index contributed by atoms with van der Waals surface area (Å²) in [6.45, 7) is 6.09. The lowest BCUT2D eigenvalue weighted by molar-refractivity contribution is 0.316. The van der Waals surface area contributed by atoms with E-state index in [4.69, 9.17) is 4.42 Å². The maximum Gasteiger partial charge on any atom is 0.297 e. The van der Waals surface area contributed by atoms with Crippen LogP contribution in [0.2, 0.25) is 0 Å². The molecule has 24 heavy (non-hydrogen) atoms. The largest absolute Gasteiger partial charge is 0.432 e. The summed E-state index contributed by atoms with van der Waals surface area (Å²) in [7, 11) is 0. The molecule has 1 aliphatic rings. The van der Waals surface area contributed by atoms with Crippen LogP contribution in [0.3, 0.4) is 0 Å². The number of aromatic nitrogens is 5. The average Bonchev–Trinajstić information content (AvgIpc) is 3.14. The SMILES string of the molecule is Cc1cc(C)n(-c2ccc(=O)n(CC3CN(c4ncco4)C3)n2)n1. The number of aryl methyl sites for hydroxylation is 2. The van der Waals surface area contributed by atoms with Crippen LogP contribution in [0.1, 0.15) is 11.4 Å². The van der Waals surface area contributed by atoms with E-state index >= 15 is 0 Å². The number of oxazole rings is 1. The van der Waals surface area contributed by atoms with Gasteiger partial charge in [-0.05, 0) is 26.0 Å². The third-order valence-electron chi connectivity index (χ3n) is 4.16. The van der Waals surface area contributed by atoms with Crippen molar-refractivity contribution in [2.75, 3.05) is 18.0 Å². The number of anilines is 1. The van der Waals surface area contributed by atoms with Crippen LogP contribution in [0.25, 0.3) is 5.82 Å². The maximum atomic E-state index is 12.1.